The van der Waals surface area contributed by atoms with Gasteiger partial charge in [-0.1, -0.05) is 61.4 Å². The summed E-state index contributed by atoms with van der Waals surface area (Å²) < 4.78 is 5.51. The predicted octanol–water partition coefficient (Wildman–Crippen LogP) is 3.77. The van der Waals surface area contributed by atoms with Gasteiger partial charge in [0.05, 0.1) is 0 Å². The highest BCUT2D eigenvalue weighted by molar-refractivity contribution is 5.88. The Kier molecular flexibility index (Phi) is 6.44. The SMILES string of the molecule is CC(NC(=O)OCC1c2ccccc2-c2ccccc21)C(=O)N(CC(=O)O)C1CCCC1. The van der Waals surface area contributed by atoms with Crippen LogP contribution in [0.4, 0.5) is 4.79 Å². The van der Waals surface area contributed by atoms with Gasteiger partial charge in [0.25, 0.3) is 0 Å². The van der Waals surface area contributed by atoms with E-state index in [0.717, 1.165) is 47.9 Å². The summed E-state index contributed by atoms with van der Waals surface area (Å²) in [5.41, 5.74) is 4.50. The minimum atomic E-state index is -1.06. The Morgan fingerprint density at radius 1 is 1.03 bits per heavy atom. The maximum Gasteiger partial charge on any atom is 0.407 e. The van der Waals surface area contributed by atoms with Crippen LogP contribution in [0.2, 0.25) is 0 Å². The van der Waals surface area contributed by atoms with Gasteiger partial charge in [0.15, 0.2) is 0 Å². The number of nitrogens with zero attached hydrogens (tertiary/aromatic N) is 1. The summed E-state index contributed by atoms with van der Waals surface area (Å²) in [6, 6.07) is 15.2. The molecule has 0 aliphatic heterocycles. The number of ether oxygens (including phenoxy) is 1. The Morgan fingerprint density at radius 3 is 2.16 bits per heavy atom. The minimum Gasteiger partial charge on any atom is -0.480 e. The van der Waals surface area contributed by atoms with E-state index in [1.807, 2.05) is 36.4 Å². The van der Waals surface area contributed by atoms with Gasteiger partial charge >= 0.3 is 12.1 Å². The Morgan fingerprint density at radius 2 is 1.59 bits per heavy atom. The number of rotatable bonds is 7. The van der Waals surface area contributed by atoms with Crippen molar-refractivity contribution in [1.82, 2.24) is 10.2 Å². The number of amides is 2. The van der Waals surface area contributed by atoms with Gasteiger partial charge in [-0.2, -0.15) is 0 Å². The number of carboxylic acid groups (broad SMARTS) is 1. The van der Waals surface area contributed by atoms with Crippen LogP contribution < -0.4 is 5.32 Å². The summed E-state index contributed by atoms with van der Waals surface area (Å²) >= 11 is 0. The molecule has 0 saturated heterocycles. The molecule has 2 aliphatic carbocycles. The lowest BCUT2D eigenvalue weighted by atomic mass is 9.98. The van der Waals surface area contributed by atoms with Crippen molar-refractivity contribution in [3.8, 4) is 11.1 Å². The molecule has 7 heteroatoms. The fourth-order valence-corrected chi connectivity index (χ4v) is 4.88. The Hall–Kier alpha value is -3.35. The van der Waals surface area contributed by atoms with E-state index in [0.29, 0.717) is 0 Å². The van der Waals surface area contributed by atoms with Gasteiger partial charge in [-0.05, 0) is 42.0 Å². The summed E-state index contributed by atoms with van der Waals surface area (Å²) in [7, 11) is 0. The number of fused-ring (bicyclic) bond motifs is 3. The van der Waals surface area contributed by atoms with Crippen LogP contribution in [-0.2, 0) is 14.3 Å². The normalized spacial score (nSPS) is 16.2. The van der Waals surface area contributed by atoms with Gasteiger partial charge < -0.3 is 20.1 Å². The number of hydrogen-bond donors (Lipinski definition) is 2. The van der Waals surface area contributed by atoms with E-state index in [1.54, 1.807) is 6.92 Å². The Balaban J connectivity index is 1.38. The predicted molar refractivity (Wildman–Crippen MR) is 119 cm³/mol. The number of nitrogens with one attached hydrogen (secondary N) is 1. The van der Waals surface area contributed by atoms with E-state index < -0.39 is 24.0 Å². The Bertz CT molecular complexity index is 969. The van der Waals surface area contributed by atoms with Crippen molar-refractivity contribution in [3.05, 3.63) is 59.7 Å². The van der Waals surface area contributed by atoms with Crippen molar-refractivity contribution in [3.63, 3.8) is 0 Å². The molecule has 0 spiro atoms. The summed E-state index contributed by atoms with van der Waals surface area (Å²) in [5, 5.41) is 11.8. The maximum atomic E-state index is 12.9. The van der Waals surface area contributed by atoms with E-state index in [-0.39, 0.29) is 25.1 Å². The van der Waals surface area contributed by atoms with E-state index in [1.165, 1.54) is 4.90 Å². The molecule has 2 aromatic carbocycles. The molecule has 2 aromatic rings. The fourth-order valence-electron chi connectivity index (χ4n) is 4.88. The second kappa shape index (κ2) is 9.42. The van der Waals surface area contributed by atoms with Gasteiger partial charge in [0, 0.05) is 12.0 Å². The average molecular weight is 437 g/mol. The number of carboxylic acids is 1. The lowest BCUT2D eigenvalue weighted by molar-refractivity contribution is -0.146. The summed E-state index contributed by atoms with van der Waals surface area (Å²) in [5.74, 6) is -1.52. The van der Waals surface area contributed by atoms with Crippen molar-refractivity contribution >= 4 is 18.0 Å². The second-order valence-electron chi connectivity index (χ2n) is 8.49. The molecule has 0 radical (unpaired) electrons. The number of alkyl carbamates (subject to hydrolysis) is 1. The van der Waals surface area contributed by atoms with Crippen LogP contribution in [-0.4, -0.2) is 53.2 Å². The van der Waals surface area contributed by atoms with Crippen molar-refractivity contribution in [2.45, 2.75) is 50.6 Å². The largest absolute Gasteiger partial charge is 0.480 e. The van der Waals surface area contributed by atoms with Crippen molar-refractivity contribution in [2.75, 3.05) is 13.2 Å². The second-order valence-corrected chi connectivity index (χ2v) is 8.49. The third-order valence-electron chi connectivity index (χ3n) is 6.40. The topological polar surface area (TPSA) is 95.9 Å². The zero-order valence-electron chi connectivity index (χ0n) is 18.1. The zero-order valence-corrected chi connectivity index (χ0v) is 18.1. The molecule has 1 saturated carbocycles. The van der Waals surface area contributed by atoms with Crippen molar-refractivity contribution < 1.29 is 24.2 Å². The summed E-state index contributed by atoms with van der Waals surface area (Å²) in [6.07, 6.45) is 2.84. The summed E-state index contributed by atoms with van der Waals surface area (Å²) in [6.45, 7) is 1.36. The molecule has 7 nitrogen and oxygen atoms in total. The molecule has 0 bridgehead atoms. The smallest absolute Gasteiger partial charge is 0.407 e. The highest BCUT2D eigenvalue weighted by atomic mass is 16.5. The first-order chi connectivity index (χ1) is 15.5. The monoisotopic (exact) mass is 436 g/mol. The lowest BCUT2D eigenvalue weighted by Crippen LogP contribution is -2.51. The molecule has 2 N–H and O–H groups in total. The number of benzene rings is 2. The first kappa shape index (κ1) is 21.9. The number of carbonyl (C=O) groups is 3. The van der Waals surface area contributed by atoms with Gasteiger partial charge in [-0.15, -0.1) is 0 Å². The number of aliphatic carboxylic acids is 1. The van der Waals surface area contributed by atoms with Gasteiger partial charge in [0.2, 0.25) is 5.91 Å². The third-order valence-corrected chi connectivity index (χ3v) is 6.40. The highest BCUT2D eigenvalue weighted by Gasteiger charge is 2.33. The van der Waals surface area contributed by atoms with Crippen LogP contribution >= 0.6 is 0 Å². The van der Waals surface area contributed by atoms with Gasteiger partial charge in [-0.25, -0.2) is 4.79 Å². The first-order valence-electron chi connectivity index (χ1n) is 11.1. The summed E-state index contributed by atoms with van der Waals surface area (Å²) in [4.78, 5) is 38.0. The van der Waals surface area contributed by atoms with Crippen LogP contribution in [0.25, 0.3) is 11.1 Å². The van der Waals surface area contributed by atoms with Crippen molar-refractivity contribution in [1.29, 1.82) is 0 Å². The minimum absolute atomic E-state index is 0.0684. The van der Waals surface area contributed by atoms with E-state index >= 15 is 0 Å². The zero-order chi connectivity index (χ0) is 22.7. The Labute approximate surface area is 187 Å². The molecule has 1 atom stereocenters. The van der Waals surface area contributed by atoms with Crippen LogP contribution in [0.5, 0.6) is 0 Å². The number of hydrogen-bond acceptors (Lipinski definition) is 4. The van der Waals surface area contributed by atoms with Crippen molar-refractivity contribution in [2.24, 2.45) is 0 Å². The standard InChI is InChI=1S/C25H28N2O5/c1-16(24(30)27(14-23(28)29)17-8-2-3-9-17)26-25(31)32-15-22-20-12-6-4-10-18(20)19-11-5-7-13-21(19)22/h4-7,10-13,16-17,22H,2-3,8-9,14-15H2,1H3,(H,26,31)(H,28,29). The fraction of sp³-hybridized carbons (Fsp3) is 0.400. The molecular weight excluding hydrogens is 408 g/mol. The molecule has 168 valence electrons. The third kappa shape index (κ3) is 4.47. The van der Waals surface area contributed by atoms with Crippen LogP contribution in [0, 0.1) is 0 Å². The molecule has 2 aliphatic rings. The van der Waals surface area contributed by atoms with Crippen LogP contribution in [0.15, 0.2) is 48.5 Å². The molecular formula is C25H28N2O5. The molecule has 1 unspecified atom stereocenters. The lowest BCUT2D eigenvalue weighted by Gasteiger charge is -2.30. The highest BCUT2D eigenvalue weighted by Crippen LogP contribution is 2.44. The molecule has 0 heterocycles. The average Bonchev–Trinajstić information content (AvgIpc) is 3.42. The van der Waals surface area contributed by atoms with Crippen LogP contribution in [0.3, 0.4) is 0 Å². The van der Waals surface area contributed by atoms with Crippen LogP contribution in [0.1, 0.15) is 49.7 Å². The van der Waals surface area contributed by atoms with Gasteiger partial charge in [-0.3, -0.25) is 9.59 Å². The van der Waals surface area contributed by atoms with E-state index in [9.17, 15) is 19.5 Å². The molecule has 32 heavy (non-hydrogen) atoms. The number of carbonyl (C=O) groups excluding carboxylic acids is 2. The van der Waals surface area contributed by atoms with Gasteiger partial charge in [0.1, 0.15) is 19.2 Å². The van der Waals surface area contributed by atoms with E-state index in [2.05, 4.69) is 17.4 Å². The molecule has 0 aromatic heterocycles. The maximum absolute atomic E-state index is 12.9. The molecule has 4 rings (SSSR count). The quantitative estimate of drug-likeness (QED) is 0.689. The molecule has 1 fully saturated rings. The van der Waals surface area contributed by atoms with E-state index in [4.69, 9.17) is 4.74 Å². The first-order valence-corrected chi connectivity index (χ1v) is 11.1. The molecule has 2 amide bonds.